The Morgan fingerprint density at radius 3 is 2.44 bits per heavy atom. The summed E-state index contributed by atoms with van der Waals surface area (Å²) in [6.07, 6.45) is 8.53. The lowest BCUT2D eigenvalue weighted by atomic mass is 10.0. The van der Waals surface area contributed by atoms with Crippen LogP contribution in [0.5, 0.6) is 0 Å². The Bertz CT molecular complexity index is 751. The van der Waals surface area contributed by atoms with Gasteiger partial charge in [0.2, 0.25) is 0 Å². The Labute approximate surface area is 149 Å². The van der Waals surface area contributed by atoms with E-state index in [0.717, 1.165) is 42.7 Å². The second-order valence-corrected chi connectivity index (χ2v) is 7.41. The van der Waals surface area contributed by atoms with Gasteiger partial charge in [0.25, 0.3) is 5.91 Å². The molecule has 0 aliphatic carbocycles. The maximum absolute atomic E-state index is 13.1. The zero-order valence-electron chi connectivity index (χ0n) is 15.1. The number of likely N-dealkylation sites (N-methyl/N-ethyl adjacent to an activating group) is 1. The lowest BCUT2D eigenvalue weighted by Crippen LogP contribution is -2.47. The number of hydrogen-bond acceptors (Lipinski definition) is 3. The average Bonchev–Trinajstić information content (AvgIpc) is 3.35. The van der Waals surface area contributed by atoms with E-state index in [9.17, 15) is 4.79 Å². The predicted octanol–water partition coefficient (Wildman–Crippen LogP) is 2.88. The Hall–Kier alpha value is -2.14. The summed E-state index contributed by atoms with van der Waals surface area (Å²) in [4.78, 5) is 17.6. The van der Waals surface area contributed by atoms with Crippen LogP contribution in [0, 0.1) is 6.92 Å². The van der Waals surface area contributed by atoms with Crippen LogP contribution >= 0.6 is 0 Å². The Morgan fingerprint density at radius 2 is 1.80 bits per heavy atom. The molecule has 2 fully saturated rings. The van der Waals surface area contributed by atoms with Crippen molar-refractivity contribution in [2.75, 3.05) is 20.1 Å². The fourth-order valence-corrected chi connectivity index (χ4v) is 4.34. The first-order valence-electron chi connectivity index (χ1n) is 9.26. The molecule has 1 aromatic heterocycles. The van der Waals surface area contributed by atoms with Gasteiger partial charge in [-0.15, -0.1) is 0 Å². The number of aromatic nitrogens is 2. The van der Waals surface area contributed by atoms with Gasteiger partial charge in [0.1, 0.15) is 0 Å². The van der Waals surface area contributed by atoms with Crippen molar-refractivity contribution in [3.8, 4) is 5.69 Å². The third-order valence-electron chi connectivity index (χ3n) is 5.67. The molecule has 5 nitrogen and oxygen atoms in total. The van der Waals surface area contributed by atoms with Gasteiger partial charge in [0.05, 0.1) is 11.9 Å². The molecule has 0 unspecified atom stereocenters. The molecule has 1 aromatic carbocycles. The molecule has 4 rings (SSSR count). The highest BCUT2D eigenvalue weighted by molar-refractivity contribution is 5.94. The zero-order chi connectivity index (χ0) is 17.4. The highest BCUT2D eigenvalue weighted by Crippen LogP contribution is 2.30. The van der Waals surface area contributed by atoms with Crippen molar-refractivity contribution in [3.05, 3.63) is 47.8 Å². The van der Waals surface area contributed by atoms with Gasteiger partial charge in [-0.1, -0.05) is 0 Å². The smallest absolute Gasteiger partial charge is 0.254 e. The Kier molecular flexibility index (Phi) is 4.34. The molecule has 132 valence electrons. The number of hydrogen-bond donors (Lipinski definition) is 0. The number of amides is 1. The number of aryl methyl sites for hydroxylation is 1. The van der Waals surface area contributed by atoms with E-state index >= 15 is 0 Å². The standard InChI is InChI=1S/C20H26N4O/c1-15-13-21-24(14-15)17-9-7-16(8-10-17)20(25)23-12-4-6-19(23)18-5-3-11-22(18)2/h7-10,13-14,18-19H,3-6,11-12H2,1-2H3/t18-,19+/m0/s1. The molecule has 25 heavy (non-hydrogen) atoms. The number of rotatable bonds is 3. The normalized spacial score (nSPS) is 24.2. The van der Waals surface area contributed by atoms with Crippen molar-refractivity contribution in [1.82, 2.24) is 19.6 Å². The molecule has 5 heteroatoms. The molecule has 2 saturated heterocycles. The van der Waals surface area contributed by atoms with Gasteiger partial charge in [0, 0.05) is 30.4 Å². The van der Waals surface area contributed by atoms with Crippen molar-refractivity contribution < 1.29 is 4.79 Å². The SMILES string of the molecule is Cc1cnn(-c2ccc(C(=O)N3CCC[C@@H]3[C@@H]3CCCN3C)cc2)c1. The van der Waals surface area contributed by atoms with Crippen molar-refractivity contribution >= 4 is 5.91 Å². The van der Waals surface area contributed by atoms with E-state index in [-0.39, 0.29) is 5.91 Å². The van der Waals surface area contributed by atoms with E-state index in [0.29, 0.717) is 12.1 Å². The molecular weight excluding hydrogens is 312 g/mol. The van der Waals surface area contributed by atoms with E-state index in [1.165, 1.54) is 12.8 Å². The van der Waals surface area contributed by atoms with E-state index < -0.39 is 0 Å². The Balaban J connectivity index is 1.52. The molecule has 2 aliphatic heterocycles. The first kappa shape index (κ1) is 16.3. The Morgan fingerprint density at radius 1 is 1.08 bits per heavy atom. The third kappa shape index (κ3) is 3.09. The summed E-state index contributed by atoms with van der Waals surface area (Å²) in [6, 6.07) is 8.72. The predicted molar refractivity (Wildman–Crippen MR) is 98.0 cm³/mol. The van der Waals surface area contributed by atoms with Crippen LogP contribution in [0.3, 0.4) is 0 Å². The van der Waals surface area contributed by atoms with Crippen molar-refractivity contribution in [1.29, 1.82) is 0 Å². The summed E-state index contributed by atoms with van der Waals surface area (Å²) in [6.45, 7) is 4.06. The number of likely N-dealkylation sites (tertiary alicyclic amines) is 2. The van der Waals surface area contributed by atoms with Gasteiger partial charge < -0.3 is 9.80 Å². The molecule has 0 bridgehead atoms. The second kappa shape index (κ2) is 6.64. The summed E-state index contributed by atoms with van der Waals surface area (Å²) in [7, 11) is 2.19. The van der Waals surface area contributed by atoms with Crippen LogP contribution in [-0.4, -0.2) is 57.7 Å². The second-order valence-electron chi connectivity index (χ2n) is 7.41. The third-order valence-corrected chi connectivity index (χ3v) is 5.67. The largest absolute Gasteiger partial charge is 0.334 e. The number of benzene rings is 1. The summed E-state index contributed by atoms with van der Waals surface area (Å²) in [5.74, 6) is 0.172. The maximum Gasteiger partial charge on any atom is 0.254 e. The van der Waals surface area contributed by atoms with E-state index in [2.05, 4.69) is 21.9 Å². The first-order valence-corrected chi connectivity index (χ1v) is 9.26. The first-order chi connectivity index (χ1) is 12.1. The summed E-state index contributed by atoms with van der Waals surface area (Å²) in [5, 5.41) is 4.33. The van der Waals surface area contributed by atoms with Crippen LogP contribution in [0.15, 0.2) is 36.7 Å². The molecule has 0 spiro atoms. The molecule has 0 radical (unpaired) electrons. The molecule has 0 saturated carbocycles. The number of carbonyl (C=O) groups is 1. The van der Waals surface area contributed by atoms with Gasteiger partial charge in [-0.3, -0.25) is 4.79 Å². The average molecular weight is 338 g/mol. The quantitative estimate of drug-likeness (QED) is 0.864. The van der Waals surface area contributed by atoms with Crippen molar-refractivity contribution in [2.45, 2.75) is 44.7 Å². The van der Waals surface area contributed by atoms with Gasteiger partial charge in [0.15, 0.2) is 0 Å². The van der Waals surface area contributed by atoms with Gasteiger partial charge in [-0.25, -0.2) is 4.68 Å². The molecular formula is C20H26N4O. The summed E-state index contributed by atoms with van der Waals surface area (Å²) >= 11 is 0. The van der Waals surface area contributed by atoms with Crippen LogP contribution < -0.4 is 0 Å². The molecule has 2 aromatic rings. The maximum atomic E-state index is 13.1. The molecule has 2 atom stereocenters. The van der Waals surface area contributed by atoms with Crippen molar-refractivity contribution in [2.24, 2.45) is 0 Å². The van der Waals surface area contributed by atoms with E-state index in [4.69, 9.17) is 0 Å². The fourth-order valence-electron chi connectivity index (χ4n) is 4.34. The van der Waals surface area contributed by atoms with Crippen LogP contribution in [0.25, 0.3) is 5.69 Å². The monoisotopic (exact) mass is 338 g/mol. The highest BCUT2D eigenvalue weighted by Gasteiger charge is 2.38. The fraction of sp³-hybridized carbons (Fsp3) is 0.500. The lowest BCUT2D eigenvalue weighted by Gasteiger charge is -2.33. The van der Waals surface area contributed by atoms with Gasteiger partial charge in [-0.2, -0.15) is 5.10 Å². The van der Waals surface area contributed by atoms with Crippen LogP contribution in [-0.2, 0) is 0 Å². The van der Waals surface area contributed by atoms with Gasteiger partial charge in [-0.05, 0) is 76.0 Å². The molecule has 1 amide bonds. The van der Waals surface area contributed by atoms with E-state index in [1.807, 2.05) is 48.3 Å². The van der Waals surface area contributed by atoms with Crippen molar-refractivity contribution in [3.63, 3.8) is 0 Å². The summed E-state index contributed by atoms with van der Waals surface area (Å²) < 4.78 is 1.84. The van der Waals surface area contributed by atoms with E-state index in [1.54, 1.807) is 0 Å². The van der Waals surface area contributed by atoms with Crippen LogP contribution in [0.4, 0.5) is 0 Å². The van der Waals surface area contributed by atoms with Gasteiger partial charge >= 0.3 is 0 Å². The number of carbonyl (C=O) groups excluding carboxylic acids is 1. The van der Waals surface area contributed by atoms with Crippen LogP contribution in [0.1, 0.15) is 41.6 Å². The minimum absolute atomic E-state index is 0.172. The zero-order valence-corrected chi connectivity index (χ0v) is 15.1. The molecule has 2 aliphatic rings. The lowest BCUT2D eigenvalue weighted by molar-refractivity contribution is 0.0664. The number of nitrogens with zero attached hydrogens (tertiary/aromatic N) is 4. The summed E-state index contributed by atoms with van der Waals surface area (Å²) in [5.41, 5.74) is 2.89. The molecule has 3 heterocycles. The topological polar surface area (TPSA) is 41.4 Å². The van der Waals surface area contributed by atoms with Crippen LogP contribution in [0.2, 0.25) is 0 Å². The minimum Gasteiger partial charge on any atom is -0.334 e. The highest BCUT2D eigenvalue weighted by atomic mass is 16.2. The minimum atomic E-state index is 0.172. The molecule has 0 N–H and O–H groups in total.